The maximum atomic E-state index is 10.9. The molecule has 0 radical (unpaired) electrons. The Balaban J connectivity index is 4.26. The first kappa shape index (κ1) is 13.8. The van der Waals surface area contributed by atoms with E-state index >= 15 is 0 Å². The summed E-state index contributed by atoms with van der Waals surface area (Å²) < 4.78 is 4.27. The second kappa shape index (κ2) is 6.30. The number of carbonyl (C=O) groups is 2. The average molecular weight is 224 g/mol. The molecule has 0 amide bonds. The van der Waals surface area contributed by atoms with Gasteiger partial charge in [-0.15, -0.1) is 0 Å². The van der Waals surface area contributed by atoms with Gasteiger partial charge in [0, 0.05) is 0 Å². The van der Waals surface area contributed by atoms with E-state index in [0.29, 0.717) is 0 Å². The molecule has 0 aromatic heterocycles. The van der Waals surface area contributed by atoms with Gasteiger partial charge in [-0.3, -0.25) is 0 Å². The Morgan fingerprint density at radius 2 is 1.53 bits per heavy atom. The van der Waals surface area contributed by atoms with Gasteiger partial charge in [0.2, 0.25) is 0 Å². The molecule has 0 aromatic rings. The van der Waals surface area contributed by atoms with Gasteiger partial charge in [-0.1, -0.05) is 0 Å². The van der Waals surface area contributed by atoms with E-state index in [1.807, 2.05) is 0 Å². The minimum Gasteiger partial charge on any atom is -0.479 e. The molecule has 0 spiro atoms. The summed E-state index contributed by atoms with van der Waals surface area (Å²) in [5.74, 6) is -3.22. The van der Waals surface area contributed by atoms with Crippen LogP contribution in [-0.4, -0.2) is 69.0 Å². The fourth-order valence-corrected chi connectivity index (χ4v) is 0.630. The lowest BCUT2D eigenvalue weighted by Crippen LogP contribution is -2.42. The molecule has 0 aliphatic rings. The van der Waals surface area contributed by atoms with Crippen LogP contribution in [0.5, 0.6) is 0 Å². The van der Waals surface area contributed by atoms with Crippen LogP contribution >= 0.6 is 0 Å². The summed E-state index contributed by atoms with van der Waals surface area (Å²) in [6.07, 6.45) is -5.83. The third kappa shape index (κ3) is 4.21. The molecule has 0 saturated carbocycles. The Kier molecular flexibility index (Phi) is 5.79. The number of carboxylic acids is 1. The number of aliphatic hydroxyl groups excluding tert-OH is 4. The predicted octanol–water partition coefficient (Wildman–Crippen LogP) is -3.31. The minimum atomic E-state index is -2.31. The quantitative estimate of drug-likeness (QED) is 0.295. The lowest BCUT2D eigenvalue weighted by atomic mass is 10.2. The van der Waals surface area contributed by atoms with Crippen molar-refractivity contribution in [2.45, 2.75) is 18.3 Å². The zero-order chi connectivity index (χ0) is 12.0. The van der Waals surface area contributed by atoms with E-state index < -0.39 is 43.5 Å². The summed E-state index contributed by atoms with van der Waals surface area (Å²) in [6.45, 7) is -1.36. The van der Waals surface area contributed by atoms with E-state index in [0.717, 1.165) is 0 Å². The molecule has 5 N–H and O–H groups in total. The smallest absolute Gasteiger partial charge is 0.338 e. The summed E-state index contributed by atoms with van der Waals surface area (Å²) in [4.78, 5) is 21.1. The normalized spacial score (nSPS) is 14.7. The van der Waals surface area contributed by atoms with E-state index in [4.69, 9.17) is 25.5 Å². The standard InChI is InChI=1S/C7H12O8/c8-1-3(2-9)15-7(14)5(11)4(10)6(12)13/h3-5,8-11H,1-2H2,(H,12,13). The monoisotopic (exact) mass is 224 g/mol. The molecular weight excluding hydrogens is 212 g/mol. The molecule has 0 aliphatic carbocycles. The van der Waals surface area contributed by atoms with Crippen LogP contribution in [0.2, 0.25) is 0 Å². The van der Waals surface area contributed by atoms with Crippen molar-refractivity contribution >= 4 is 11.9 Å². The lowest BCUT2D eigenvalue weighted by Gasteiger charge is -2.17. The minimum absolute atomic E-state index is 0.682. The van der Waals surface area contributed by atoms with Gasteiger partial charge >= 0.3 is 11.9 Å². The zero-order valence-corrected chi connectivity index (χ0v) is 7.61. The Hall–Kier alpha value is -1.22. The summed E-state index contributed by atoms with van der Waals surface area (Å²) in [6, 6.07) is 0. The highest BCUT2D eigenvalue weighted by Crippen LogP contribution is 2.00. The molecule has 15 heavy (non-hydrogen) atoms. The van der Waals surface area contributed by atoms with Gasteiger partial charge in [0.15, 0.2) is 12.2 Å². The summed E-state index contributed by atoms with van der Waals surface area (Å²) in [7, 11) is 0. The molecule has 8 heteroatoms. The Labute approximate surface area is 84.3 Å². The van der Waals surface area contributed by atoms with Gasteiger partial charge in [-0.05, 0) is 0 Å². The first-order valence-corrected chi connectivity index (χ1v) is 3.95. The highest BCUT2D eigenvalue weighted by atomic mass is 16.6. The molecule has 2 atom stereocenters. The van der Waals surface area contributed by atoms with E-state index in [9.17, 15) is 9.59 Å². The van der Waals surface area contributed by atoms with Gasteiger partial charge in [0.25, 0.3) is 0 Å². The third-order valence-corrected chi connectivity index (χ3v) is 1.48. The van der Waals surface area contributed by atoms with Crippen LogP contribution in [-0.2, 0) is 14.3 Å². The van der Waals surface area contributed by atoms with E-state index in [1.54, 1.807) is 0 Å². The van der Waals surface area contributed by atoms with Crippen molar-refractivity contribution in [1.82, 2.24) is 0 Å². The number of hydrogen-bond donors (Lipinski definition) is 5. The van der Waals surface area contributed by atoms with Crippen molar-refractivity contribution in [3.63, 3.8) is 0 Å². The van der Waals surface area contributed by atoms with Gasteiger partial charge in [0.05, 0.1) is 13.2 Å². The Morgan fingerprint density at radius 1 is 1.07 bits per heavy atom. The molecule has 0 saturated heterocycles. The van der Waals surface area contributed by atoms with Crippen LogP contribution in [0.1, 0.15) is 0 Å². The molecular formula is C7H12O8. The maximum Gasteiger partial charge on any atom is 0.338 e. The Bertz CT molecular complexity index is 223. The molecule has 0 aliphatic heterocycles. The molecule has 0 aromatic carbocycles. The second-order valence-electron chi connectivity index (χ2n) is 2.65. The van der Waals surface area contributed by atoms with Crippen molar-refractivity contribution in [2.24, 2.45) is 0 Å². The topological polar surface area (TPSA) is 145 Å². The van der Waals surface area contributed by atoms with Crippen molar-refractivity contribution in [2.75, 3.05) is 13.2 Å². The summed E-state index contributed by atoms with van der Waals surface area (Å²) >= 11 is 0. The molecule has 2 unspecified atom stereocenters. The van der Waals surface area contributed by atoms with E-state index in [1.165, 1.54) is 0 Å². The van der Waals surface area contributed by atoms with Crippen LogP contribution < -0.4 is 0 Å². The zero-order valence-electron chi connectivity index (χ0n) is 7.61. The fourth-order valence-electron chi connectivity index (χ4n) is 0.630. The van der Waals surface area contributed by atoms with Gasteiger partial charge in [-0.2, -0.15) is 0 Å². The van der Waals surface area contributed by atoms with Crippen LogP contribution in [0.4, 0.5) is 0 Å². The molecule has 0 rings (SSSR count). The third-order valence-electron chi connectivity index (χ3n) is 1.48. The molecule has 0 bridgehead atoms. The van der Waals surface area contributed by atoms with Gasteiger partial charge in [-0.25, -0.2) is 9.59 Å². The van der Waals surface area contributed by atoms with Gasteiger partial charge in [0.1, 0.15) is 6.10 Å². The van der Waals surface area contributed by atoms with Crippen molar-refractivity contribution in [3.05, 3.63) is 0 Å². The predicted molar refractivity (Wildman–Crippen MR) is 43.7 cm³/mol. The molecule has 0 heterocycles. The van der Waals surface area contributed by atoms with E-state index in [-0.39, 0.29) is 0 Å². The largest absolute Gasteiger partial charge is 0.479 e. The van der Waals surface area contributed by atoms with Crippen molar-refractivity contribution in [3.8, 4) is 0 Å². The highest BCUT2D eigenvalue weighted by Gasteiger charge is 2.32. The van der Waals surface area contributed by atoms with E-state index in [2.05, 4.69) is 4.74 Å². The number of esters is 1. The first-order chi connectivity index (χ1) is 6.93. The van der Waals surface area contributed by atoms with Gasteiger partial charge < -0.3 is 30.3 Å². The number of ether oxygens (including phenoxy) is 1. The van der Waals surface area contributed by atoms with Crippen LogP contribution in [0.3, 0.4) is 0 Å². The summed E-state index contributed by atoms with van der Waals surface area (Å²) in [5, 5.41) is 42.9. The molecule has 0 fully saturated rings. The second-order valence-corrected chi connectivity index (χ2v) is 2.65. The first-order valence-electron chi connectivity index (χ1n) is 3.95. The van der Waals surface area contributed by atoms with Crippen molar-refractivity contribution < 1.29 is 39.9 Å². The number of aliphatic carboxylic acids is 1. The SMILES string of the molecule is O=C(O)C(O)C(O)C(=O)OC(CO)CO. The number of carbonyl (C=O) groups excluding carboxylic acids is 1. The number of aliphatic hydroxyl groups is 4. The number of rotatable bonds is 6. The Morgan fingerprint density at radius 3 is 1.87 bits per heavy atom. The molecule has 8 nitrogen and oxygen atoms in total. The van der Waals surface area contributed by atoms with Crippen LogP contribution in [0, 0.1) is 0 Å². The highest BCUT2D eigenvalue weighted by molar-refractivity contribution is 5.84. The number of hydrogen-bond acceptors (Lipinski definition) is 7. The van der Waals surface area contributed by atoms with Crippen molar-refractivity contribution in [1.29, 1.82) is 0 Å². The van der Waals surface area contributed by atoms with Crippen LogP contribution in [0.25, 0.3) is 0 Å². The number of carboxylic acid groups (broad SMARTS) is 1. The summed E-state index contributed by atoms with van der Waals surface area (Å²) in [5.41, 5.74) is 0. The molecule has 88 valence electrons. The fraction of sp³-hybridized carbons (Fsp3) is 0.714. The maximum absolute atomic E-state index is 10.9. The lowest BCUT2D eigenvalue weighted by molar-refractivity contribution is -0.176. The van der Waals surface area contributed by atoms with Crippen LogP contribution in [0.15, 0.2) is 0 Å². The average Bonchev–Trinajstić information content (AvgIpc) is 2.23.